The van der Waals surface area contributed by atoms with Gasteiger partial charge in [-0.1, -0.05) is 123 Å². The lowest BCUT2D eigenvalue weighted by Gasteiger charge is -2.18. The molecule has 2 rings (SSSR count). The summed E-state index contributed by atoms with van der Waals surface area (Å²) in [6, 6.07) is 1.77. The first-order chi connectivity index (χ1) is 22.8. The Morgan fingerprint density at radius 1 is 0.660 bits per heavy atom. The fraction of sp³-hybridized carbons (Fsp3) is 0.816. The molecule has 0 N–H and O–H groups in total. The summed E-state index contributed by atoms with van der Waals surface area (Å²) in [5, 5.41) is 0. The van der Waals surface area contributed by atoms with E-state index in [1.807, 2.05) is 0 Å². The van der Waals surface area contributed by atoms with Crippen molar-refractivity contribution in [2.45, 2.75) is 161 Å². The van der Waals surface area contributed by atoms with Gasteiger partial charge < -0.3 is 31.4 Å². The highest BCUT2D eigenvalue weighted by molar-refractivity contribution is 5.05. The molecule has 2 heterocycles. The van der Waals surface area contributed by atoms with Crippen LogP contribution < -0.4 is 21.7 Å². The Balaban J connectivity index is 0.0000110. The standard InChI is InChI=1S/C38H69N4O4.ClH/c1-3-5-7-9-10-11-12-13-14-15-16-17-18-19-20-22-29-44-33-37(46-38-23-24-39-35-40-38)34-45-32-31-43-30-28-42-27-26-41(36-42)25-21-8-6-4-2;/h23-24,26-27,35-37H,3-22,25,28-34H2,1-2H3;1H/q+1;/p-1. The normalized spacial score (nSPS) is 11.9. The molecule has 47 heavy (non-hydrogen) atoms. The number of imidazole rings is 1. The third-order valence-electron chi connectivity index (χ3n) is 8.47. The Labute approximate surface area is 294 Å². The van der Waals surface area contributed by atoms with Crippen molar-refractivity contribution in [1.82, 2.24) is 14.5 Å². The highest BCUT2D eigenvalue weighted by Crippen LogP contribution is 2.14. The van der Waals surface area contributed by atoms with Gasteiger partial charge in [0.15, 0.2) is 0 Å². The van der Waals surface area contributed by atoms with Crippen LogP contribution in [-0.2, 0) is 27.3 Å². The van der Waals surface area contributed by atoms with Crippen molar-refractivity contribution in [1.29, 1.82) is 0 Å². The lowest BCUT2D eigenvalue weighted by atomic mass is 10.0. The number of unbranched alkanes of at least 4 members (excludes halogenated alkanes) is 18. The summed E-state index contributed by atoms with van der Waals surface area (Å²) in [7, 11) is 0. The number of ether oxygens (including phenoxy) is 4. The van der Waals surface area contributed by atoms with Gasteiger partial charge in [-0.2, -0.15) is 0 Å². The quantitative estimate of drug-likeness (QED) is 0.0677. The Kier molecular flexibility index (Phi) is 30.2. The molecule has 272 valence electrons. The molecule has 2 aromatic rings. The van der Waals surface area contributed by atoms with E-state index >= 15 is 0 Å². The molecule has 0 fully saturated rings. The highest BCUT2D eigenvalue weighted by Gasteiger charge is 2.13. The summed E-state index contributed by atoms with van der Waals surface area (Å²) in [5.74, 6) is 0.542. The van der Waals surface area contributed by atoms with Crippen LogP contribution in [0.1, 0.15) is 142 Å². The third kappa shape index (κ3) is 25.9. The molecule has 0 aliphatic heterocycles. The molecular weight excluding hydrogens is 612 g/mol. The first kappa shape index (κ1) is 43.3. The third-order valence-corrected chi connectivity index (χ3v) is 8.47. The summed E-state index contributed by atoms with van der Waals surface area (Å²) in [5.41, 5.74) is 0. The van der Waals surface area contributed by atoms with Crippen molar-refractivity contribution < 1.29 is 35.9 Å². The molecule has 0 amide bonds. The number of halogens is 1. The van der Waals surface area contributed by atoms with Crippen LogP contribution in [0, 0.1) is 0 Å². The Hall–Kier alpha value is -1.74. The summed E-state index contributed by atoms with van der Waals surface area (Å²) in [4.78, 5) is 8.18. The predicted octanol–water partition coefficient (Wildman–Crippen LogP) is 5.91. The largest absolute Gasteiger partial charge is 1.00 e. The molecule has 1 atom stereocenters. The number of nitrogens with zero attached hydrogens (tertiary/aromatic N) is 4. The second-order valence-electron chi connectivity index (χ2n) is 12.8. The maximum Gasteiger partial charge on any atom is 0.243 e. The number of aryl methyl sites for hydroxylation is 1. The van der Waals surface area contributed by atoms with Crippen LogP contribution in [0.5, 0.6) is 5.88 Å². The summed E-state index contributed by atoms with van der Waals surface area (Å²) < 4.78 is 28.2. The second kappa shape index (κ2) is 32.8. The summed E-state index contributed by atoms with van der Waals surface area (Å²) >= 11 is 0. The smallest absolute Gasteiger partial charge is 0.243 e. The van der Waals surface area contributed by atoms with Crippen LogP contribution in [0.4, 0.5) is 0 Å². The average Bonchev–Trinajstić information content (AvgIpc) is 3.53. The van der Waals surface area contributed by atoms with E-state index in [0.29, 0.717) is 38.9 Å². The van der Waals surface area contributed by atoms with Crippen molar-refractivity contribution in [3.63, 3.8) is 0 Å². The van der Waals surface area contributed by atoms with E-state index in [2.05, 4.69) is 51.7 Å². The van der Waals surface area contributed by atoms with Crippen molar-refractivity contribution in [3.8, 4) is 5.88 Å². The first-order valence-corrected chi connectivity index (χ1v) is 19.0. The lowest BCUT2D eigenvalue weighted by molar-refractivity contribution is -0.696. The van der Waals surface area contributed by atoms with Gasteiger partial charge in [-0.05, 0) is 19.3 Å². The highest BCUT2D eigenvalue weighted by atomic mass is 35.5. The molecule has 0 saturated carbocycles. The fourth-order valence-corrected chi connectivity index (χ4v) is 5.63. The van der Waals surface area contributed by atoms with Crippen molar-refractivity contribution >= 4 is 0 Å². The van der Waals surface area contributed by atoms with Gasteiger partial charge in [0.2, 0.25) is 12.2 Å². The topological polar surface area (TPSA) is 71.5 Å². The van der Waals surface area contributed by atoms with Gasteiger partial charge in [0.25, 0.3) is 0 Å². The zero-order valence-corrected chi connectivity index (χ0v) is 30.9. The Bertz CT molecular complexity index is 905. The van der Waals surface area contributed by atoms with Gasteiger partial charge in [0.1, 0.15) is 31.4 Å². The summed E-state index contributed by atoms with van der Waals surface area (Å²) in [6.07, 6.45) is 36.5. The number of rotatable bonds is 34. The van der Waals surface area contributed by atoms with Crippen LogP contribution in [-0.4, -0.2) is 60.3 Å². The number of hydrogen-bond acceptors (Lipinski definition) is 6. The van der Waals surface area contributed by atoms with Crippen LogP contribution >= 0.6 is 0 Å². The SMILES string of the molecule is CCCCCCCCCCCCCCCCCCOCC(COCCOCCn1cc[n+](CCCCCC)c1)Oc1ccncn1.[Cl-]. The van der Waals surface area contributed by atoms with Gasteiger partial charge in [-0.15, -0.1) is 0 Å². The van der Waals surface area contributed by atoms with Gasteiger partial charge in [0.05, 0.1) is 39.6 Å². The molecule has 1 unspecified atom stereocenters. The number of hydrogen-bond donors (Lipinski definition) is 0. The monoisotopic (exact) mass is 681 g/mol. The molecule has 2 aromatic heterocycles. The fourth-order valence-electron chi connectivity index (χ4n) is 5.63. The van der Waals surface area contributed by atoms with E-state index in [1.165, 1.54) is 128 Å². The minimum Gasteiger partial charge on any atom is -1.00 e. The van der Waals surface area contributed by atoms with Gasteiger partial charge in [-0.3, -0.25) is 0 Å². The van der Waals surface area contributed by atoms with Gasteiger partial charge in [0, 0.05) is 18.9 Å². The van der Waals surface area contributed by atoms with E-state index in [9.17, 15) is 0 Å². The minimum absolute atomic E-state index is 0. The maximum atomic E-state index is 6.03. The zero-order valence-electron chi connectivity index (χ0n) is 30.1. The molecule has 0 radical (unpaired) electrons. The molecule has 0 aliphatic rings. The van der Waals surface area contributed by atoms with Crippen LogP contribution in [0.15, 0.2) is 37.3 Å². The van der Waals surface area contributed by atoms with Gasteiger partial charge >= 0.3 is 0 Å². The maximum absolute atomic E-state index is 6.03. The molecule has 0 saturated heterocycles. The second-order valence-corrected chi connectivity index (χ2v) is 12.8. The van der Waals surface area contributed by atoms with Crippen molar-refractivity contribution in [2.24, 2.45) is 0 Å². The van der Waals surface area contributed by atoms with E-state index in [1.54, 1.807) is 12.3 Å². The molecule has 0 bridgehead atoms. The minimum atomic E-state index is -0.219. The van der Waals surface area contributed by atoms with Crippen LogP contribution in [0.3, 0.4) is 0 Å². The Morgan fingerprint density at radius 2 is 1.21 bits per heavy atom. The van der Waals surface area contributed by atoms with E-state index in [4.69, 9.17) is 18.9 Å². The molecule has 9 heteroatoms. The predicted molar refractivity (Wildman–Crippen MR) is 187 cm³/mol. The average molecular weight is 681 g/mol. The first-order valence-electron chi connectivity index (χ1n) is 19.0. The van der Waals surface area contributed by atoms with Crippen LogP contribution in [0.25, 0.3) is 0 Å². The number of aromatic nitrogens is 4. The molecule has 0 aliphatic carbocycles. The van der Waals surface area contributed by atoms with E-state index in [0.717, 1.165) is 26.1 Å². The van der Waals surface area contributed by atoms with Crippen LogP contribution in [0.2, 0.25) is 0 Å². The van der Waals surface area contributed by atoms with Crippen molar-refractivity contribution in [3.05, 3.63) is 37.3 Å². The lowest BCUT2D eigenvalue weighted by Crippen LogP contribution is -3.00. The van der Waals surface area contributed by atoms with Gasteiger partial charge in [-0.25, -0.2) is 19.1 Å². The zero-order chi connectivity index (χ0) is 32.6. The van der Waals surface area contributed by atoms with Crippen molar-refractivity contribution in [2.75, 3.05) is 39.6 Å². The molecule has 8 nitrogen and oxygen atoms in total. The molecular formula is C38H69ClN4O4. The Morgan fingerprint density at radius 3 is 1.81 bits per heavy atom. The van der Waals surface area contributed by atoms with E-state index in [-0.39, 0.29) is 18.5 Å². The molecule has 0 spiro atoms. The molecule has 0 aromatic carbocycles. The summed E-state index contributed by atoms with van der Waals surface area (Å²) in [6.45, 7) is 9.87. The van der Waals surface area contributed by atoms with E-state index < -0.39 is 0 Å².